The zero-order chi connectivity index (χ0) is 17.6. The van der Waals surface area contributed by atoms with Gasteiger partial charge in [0.05, 0.1) is 21.7 Å². The maximum Gasteiger partial charge on any atom is 0.252 e. The van der Waals surface area contributed by atoms with Crippen molar-refractivity contribution in [1.29, 1.82) is 0 Å². The number of sulfone groups is 1. The SMILES string of the molecule is CS(=O)(=O)c1ccc(Cl)c(C(=O)NCCCOCc2ccco2)c1. The van der Waals surface area contributed by atoms with Gasteiger partial charge in [0.15, 0.2) is 9.84 Å². The first-order valence-corrected chi connectivity index (χ1v) is 9.53. The molecule has 1 N–H and O–H groups in total. The predicted octanol–water partition coefficient (Wildman–Crippen LogP) is 2.67. The zero-order valence-corrected chi connectivity index (χ0v) is 14.7. The van der Waals surface area contributed by atoms with Crippen LogP contribution in [0.15, 0.2) is 45.9 Å². The van der Waals surface area contributed by atoms with Crippen LogP contribution in [-0.4, -0.2) is 33.7 Å². The molecule has 0 saturated carbocycles. The van der Waals surface area contributed by atoms with Crippen molar-refractivity contribution >= 4 is 27.3 Å². The topological polar surface area (TPSA) is 85.6 Å². The summed E-state index contributed by atoms with van der Waals surface area (Å²) in [6.45, 7) is 1.22. The third-order valence-corrected chi connectivity index (χ3v) is 4.63. The second-order valence-corrected chi connectivity index (χ2v) is 7.58. The van der Waals surface area contributed by atoms with Crippen molar-refractivity contribution in [3.8, 4) is 0 Å². The first kappa shape index (κ1) is 18.5. The number of hydrogen-bond donors (Lipinski definition) is 1. The van der Waals surface area contributed by atoms with E-state index in [1.165, 1.54) is 18.2 Å². The van der Waals surface area contributed by atoms with Crippen LogP contribution >= 0.6 is 11.6 Å². The van der Waals surface area contributed by atoms with Crippen molar-refractivity contribution in [2.24, 2.45) is 0 Å². The minimum Gasteiger partial charge on any atom is -0.467 e. The van der Waals surface area contributed by atoms with Gasteiger partial charge in [-0.1, -0.05) is 11.6 Å². The Morgan fingerprint density at radius 3 is 2.79 bits per heavy atom. The minimum absolute atomic E-state index is 0.0545. The van der Waals surface area contributed by atoms with Crippen molar-refractivity contribution < 1.29 is 22.4 Å². The molecule has 1 heterocycles. The molecule has 0 aliphatic carbocycles. The second kappa shape index (κ2) is 8.32. The predicted molar refractivity (Wildman–Crippen MR) is 89.9 cm³/mol. The summed E-state index contributed by atoms with van der Waals surface area (Å²) in [5.41, 5.74) is 0.135. The van der Waals surface area contributed by atoms with Crippen LogP contribution in [0.4, 0.5) is 0 Å². The Bertz CT molecular complexity index is 787. The van der Waals surface area contributed by atoms with Crippen LogP contribution < -0.4 is 5.32 Å². The van der Waals surface area contributed by atoms with E-state index in [0.29, 0.717) is 26.2 Å². The maximum atomic E-state index is 12.1. The largest absolute Gasteiger partial charge is 0.467 e. The number of ether oxygens (including phenoxy) is 1. The fourth-order valence-electron chi connectivity index (χ4n) is 1.95. The van der Waals surface area contributed by atoms with Crippen LogP contribution in [0.5, 0.6) is 0 Å². The van der Waals surface area contributed by atoms with E-state index in [-0.39, 0.29) is 15.5 Å². The summed E-state index contributed by atoms with van der Waals surface area (Å²) >= 11 is 5.97. The summed E-state index contributed by atoms with van der Waals surface area (Å²) in [6.07, 6.45) is 3.26. The van der Waals surface area contributed by atoms with E-state index >= 15 is 0 Å². The summed E-state index contributed by atoms with van der Waals surface area (Å²) < 4.78 is 33.6. The monoisotopic (exact) mass is 371 g/mol. The number of carbonyl (C=O) groups excluding carboxylic acids is 1. The van der Waals surface area contributed by atoms with Gasteiger partial charge in [0.25, 0.3) is 5.91 Å². The van der Waals surface area contributed by atoms with Crippen molar-refractivity contribution in [2.45, 2.75) is 17.9 Å². The van der Waals surface area contributed by atoms with E-state index in [0.717, 1.165) is 12.0 Å². The molecule has 0 radical (unpaired) electrons. The fourth-order valence-corrected chi connectivity index (χ4v) is 2.80. The van der Waals surface area contributed by atoms with Gasteiger partial charge in [-0.05, 0) is 36.8 Å². The summed E-state index contributed by atoms with van der Waals surface area (Å²) in [5, 5.41) is 2.89. The van der Waals surface area contributed by atoms with Crippen LogP contribution in [0.1, 0.15) is 22.5 Å². The molecule has 2 rings (SSSR count). The van der Waals surface area contributed by atoms with Gasteiger partial charge in [-0.25, -0.2) is 8.42 Å². The standard InChI is InChI=1S/C16H18ClNO5S/c1-24(20,21)13-5-6-15(17)14(10-13)16(19)18-7-3-8-22-11-12-4-2-9-23-12/h2,4-6,9-10H,3,7-8,11H2,1H3,(H,18,19). The molecule has 1 aromatic carbocycles. The van der Waals surface area contributed by atoms with Crippen molar-refractivity contribution in [3.05, 3.63) is 52.9 Å². The van der Waals surface area contributed by atoms with Gasteiger partial charge in [0, 0.05) is 19.4 Å². The number of nitrogens with one attached hydrogen (secondary N) is 1. The number of benzene rings is 1. The lowest BCUT2D eigenvalue weighted by molar-refractivity contribution is 0.0917. The highest BCUT2D eigenvalue weighted by molar-refractivity contribution is 7.90. The molecule has 1 amide bonds. The van der Waals surface area contributed by atoms with Crippen molar-refractivity contribution in [2.75, 3.05) is 19.4 Å². The zero-order valence-electron chi connectivity index (χ0n) is 13.1. The molecule has 2 aromatic rings. The molecule has 8 heteroatoms. The quantitative estimate of drug-likeness (QED) is 0.721. The van der Waals surface area contributed by atoms with E-state index in [9.17, 15) is 13.2 Å². The summed E-state index contributed by atoms with van der Waals surface area (Å²) in [7, 11) is -3.40. The van der Waals surface area contributed by atoms with Crippen LogP contribution in [-0.2, 0) is 21.2 Å². The Morgan fingerprint density at radius 1 is 1.33 bits per heavy atom. The normalized spacial score (nSPS) is 11.4. The van der Waals surface area contributed by atoms with Gasteiger partial charge in [0.2, 0.25) is 0 Å². The lowest BCUT2D eigenvalue weighted by atomic mass is 10.2. The molecule has 0 spiro atoms. The van der Waals surface area contributed by atoms with Gasteiger partial charge in [-0.3, -0.25) is 4.79 Å². The average Bonchev–Trinajstić information content (AvgIpc) is 3.03. The molecule has 1 aromatic heterocycles. The molecule has 0 aliphatic rings. The van der Waals surface area contributed by atoms with E-state index < -0.39 is 15.7 Å². The fraction of sp³-hybridized carbons (Fsp3) is 0.312. The Hall–Kier alpha value is -1.83. The molecule has 24 heavy (non-hydrogen) atoms. The number of hydrogen-bond acceptors (Lipinski definition) is 5. The number of amides is 1. The average molecular weight is 372 g/mol. The van der Waals surface area contributed by atoms with E-state index in [2.05, 4.69) is 5.32 Å². The maximum absolute atomic E-state index is 12.1. The number of carbonyl (C=O) groups is 1. The van der Waals surface area contributed by atoms with Crippen LogP contribution in [0.3, 0.4) is 0 Å². The Labute approximate surface area is 145 Å². The van der Waals surface area contributed by atoms with Crippen molar-refractivity contribution in [1.82, 2.24) is 5.32 Å². The minimum atomic E-state index is -3.40. The van der Waals surface area contributed by atoms with E-state index in [1.807, 2.05) is 6.07 Å². The van der Waals surface area contributed by atoms with Gasteiger partial charge in [-0.2, -0.15) is 0 Å². The Kier molecular flexibility index (Phi) is 6.42. The van der Waals surface area contributed by atoms with E-state index in [1.54, 1.807) is 12.3 Å². The molecule has 0 saturated heterocycles. The van der Waals surface area contributed by atoms with Crippen LogP contribution in [0.2, 0.25) is 5.02 Å². The van der Waals surface area contributed by atoms with Crippen LogP contribution in [0, 0.1) is 0 Å². The van der Waals surface area contributed by atoms with Gasteiger partial charge in [0.1, 0.15) is 12.4 Å². The highest BCUT2D eigenvalue weighted by atomic mass is 35.5. The molecule has 0 aliphatic heterocycles. The third kappa shape index (κ3) is 5.36. The van der Waals surface area contributed by atoms with E-state index in [4.69, 9.17) is 20.8 Å². The smallest absolute Gasteiger partial charge is 0.252 e. The molecule has 0 atom stereocenters. The number of furan rings is 1. The summed E-state index contributed by atoms with van der Waals surface area (Å²) in [5.74, 6) is 0.319. The van der Waals surface area contributed by atoms with Crippen molar-refractivity contribution in [3.63, 3.8) is 0 Å². The number of halogens is 1. The molecule has 0 bridgehead atoms. The lowest BCUT2D eigenvalue weighted by Gasteiger charge is -2.08. The molecule has 0 fully saturated rings. The first-order valence-electron chi connectivity index (χ1n) is 7.26. The molecule has 130 valence electrons. The Morgan fingerprint density at radius 2 is 2.12 bits per heavy atom. The molecule has 6 nitrogen and oxygen atoms in total. The Balaban J connectivity index is 1.80. The third-order valence-electron chi connectivity index (χ3n) is 3.19. The molecular weight excluding hydrogens is 354 g/mol. The first-order chi connectivity index (χ1) is 11.4. The molecule has 0 unspecified atom stereocenters. The van der Waals surface area contributed by atoms with Crippen LogP contribution in [0.25, 0.3) is 0 Å². The number of rotatable bonds is 8. The van der Waals surface area contributed by atoms with Gasteiger partial charge < -0.3 is 14.5 Å². The van der Waals surface area contributed by atoms with Gasteiger partial charge >= 0.3 is 0 Å². The summed E-state index contributed by atoms with van der Waals surface area (Å²) in [6, 6.07) is 7.66. The lowest BCUT2D eigenvalue weighted by Crippen LogP contribution is -2.25. The second-order valence-electron chi connectivity index (χ2n) is 5.16. The highest BCUT2D eigenvalue weighted by Gasteiger charge is 2.15. The summed E-state index contributed by atoms with van der Waals surface area (Å²) in [4.78, 5) is 12.2. The highest BCUT2D eigenvalue weighted by Crippen LogP contribution is 2.20. The van der Waals surface area contributed by atoms with Gasteiger partial charge in [-0.15, -0.1) is 0 Å². The molecular formula is C16H18ClNO5S.